The largest absolute Gasteiger partial charge is 0.491 e. The lowest BCUT2D eigenvalue weighted by Gasteiger charge is -2.14. The molecule has 0 saturated heterocycles. The molecule has 158 valence electrons. The Morgan fingerprint density at radius 3 is 2.62 bits per heavy atom. The van der Waals surface area contributed by atoms with Crippen molar-refractivity contribution in [3.05, 3.63) is 46.7 Å². The van der Waals surface area contributed by atoms with E-state index in [9.17, 15) is 4.79 Å². The SMILES string of the molecule is COC(=O)CCCCN=C(NCCc1cccs1)Nc1ccc(OC(C)C)cc1. The minimum atomic E-state index is -0.176. The highest BCUT2D eigenvalue weighted by Crippen LogP contribution is 2.17. The molecule has 0 amide bonds. The topological polar surface area (TPSA) is 72.0 Å². The zero-order chi connectivity index (χ0) is 20.9. The van der Waals surface area contributed by atoms with Crippen molar-refractivity contribution >= 4 is 29.0 Å². The van der Waals surface area contributed by atoms with Crippen LogP contribution < -0.4 is 15.4 Å². The monoisotopic (exact) mass is 417 g/mol. The second kappa shape index (κ2) is 12.8. The number of thiophene rings is 1. The molecular weight excluding hydrogens is 386 g/mol. The van der Waals surface area contributed by atoms with Gasteiger partial charge in [-0.2, -0.15) is 0 Å². The van der Waals surface area contributed by atoms with E-state index in [2.05, 4.69) is 37.9 Å². The zero-order valence-corrected chi connectivity index (χ0v) is 18.3. The van der Waals surface area contributed by atoms with Crippen molar-refractivity contribution in [2.24, 2.45) is 4.99 Å². The van der Waals surface area contributed by atoms with Crippen LogP contribution in [0.1, 0.15) is 38.0 Å². The second-order valence-corrected chi connectivity index (χ2v) is 7.87. The average Bonchev–Trinajstić information content (AvgIpc) is 3.21. The van der Waals surface area contributed by atoms with Gasteiger partial charge in [0.1, 0.15) is 5.75 Å². The van der Waals surface area contributed by atoms with Gasteiger partial charge in [-0.3, -0.25) is 9.79 Å². The van der Waals surface area contributed by atoms with Gasteiger partial charge in [-0.25, -0.2) is 0 Å². The molecule has 0 atom stereocenters. The lowest BCUT2D eigenvalue weighted by molar-refractivity contribution is -0.140. The number of anilines is 1. The smallest absolute Gasteiger partial charge is 0.305 e. The van der Waals surface area contributed by atoms with Crippen molar-refractivity contribution in [2.45, 2.75) is 45.6 Å². The minimum absolute atomic E-state index is 0.148. The van der Waals surface area contributed by atoms with Crippen LogP contribution in [0.5, 0.6) is 5.75 Å². The maximum atomic E-state index is 11.2. The van der Waals surface area contributed by atoms with Crippen LogP contribution in [0.25, 0.3) is 0 Å². The molecule has 2 N–H and O–H groups in total. The molecule has 6 nitrogen and oxygen atoms in total. The van der Waals surface area contributed by atoms with Gasteiger partial charge in [-0.1, -0.05) is 6.07 Å². The summed E-state index contributed by atoms with van der Waals surface area (Å²) in [7, 11) is 1.41. The molecule has 29 heavy (non-hydrogen) atoms. The Morgan fingerprint density at radius 2 is 1.97 bits per heavy atom. The summed E-state index contributed by atoms with van der Waals surface area (Å²) in [4.78, 5) is 17.2. The van der Waals surface area contributed by atoms with Gasteiger partial charge in [-0.15, -0.1) is 11.3 Å². The molecule has 0 saturated carbocycles. The third-order valence-electron chi connectivity index (χ3n) is 4.02. The highest BCUT2D eigenvalue weighted by Gasteiger charge is 2.04. The number of hydrogen-bond donors (Lipinski definition) is 2. The maximum absolute atomic E-state index is 11.2. The molecule has 0 radical (unpaired) electrons. The number of ether oxygens (including phenoxy) is 2. The third-order valence-corrected chi connectivity index (χ3v) is 4.96. The van der Waals surface area contributed by atoms with Gasteiger partial charge < -0.3 is 20.1 Å². The highest BCUT2D eigenvalue weighted by molar-refractivity contribution is 7.09. The molecule has 0 aliphatic carbocycles. The number of nitrogens with one attached hydrogen (secondary N) is 2. The van der Waals surface area contributed by atoms with Crippen LogP contribution in [0.2, 0.25) is 0 Å². The molecule has 0 bridgehead atoms. The Morgan fingerprint density at radius 1 is 1.17 bits per heavy atom. The van der Waals surface area contributed by atoms with E-state index in [1.165, 1.54) is 12.0 Å². The summed E-state index contributed by atoms with van der Waals surface area (Å²) in [6, 6.07) is 12.0. The van der Waals surface area contributed by atoms with E-state index in [1.54, 1.807) is 11.3 Å². The summed E-state index contributed by atoms with van der Waals surface area (Å²) in [6.45, 7) is 5.45. The standard InChI is InChI=1S/C22H31N3O3S/c1-17(2)28-19-11-9-18(10-12-19)25-22(23-14-5-4-8-21(26)27-3)24-15-13-20-7-6-16-29-20/h6-7,9-12,16-17H,4-5,8,13-15H2,1-3H3,(H2,23,24,25). The van der Waals surface area contributed by atoms with E-state index in [0.717, 1.165) is 43.2 Å². The molecule has 2 aromatic rings. The summed E-state index contributed by atoms with van der Waals surface area (Å²) in [6.07, 6.45) is 3.11. The average molecular weight is 418 g/mol. The summed E-state index contributed by atoms with van der Waals surface area (Å²) in [5.41, 5.74) is 0.943. The van der Waals surface area contributed by atoms with E-state index in [0.29, 0.717) is 13.0 Å². The predicted molar refractivity (Wildman–Crippen MR) is 120 cm³/mol. The van der Waals surface area contributed by atoms with Crippen LogP contribution in [0, 0.1) is 0 Å². The van der Waals surface area contributed by atoms with E-state index in [4.69, 9.17) is 4.74 Å². The lowest BCUT2D eigenvalue weighted by atomic mass is 10.2. The van der Waals surface area contributed by atoms with E-state index >= 15 is 0 Å². The summed E-state index contributed by atoms with van der Waals surface area (Å²) < 4.78 is 10.4. The molecule has 0 aliphatic heterocycles. The number of carbonyl (C=O) groups is 1. The number of benzene rings is 1. The van der Waals surface area contributed by atoms with E-state index in [1.807, 2.05) is 38.1 Å². The number of nitrogens with zero attached hydrogens (tertiary/aromatic N) is 1. The Bertz CT molecular complexity index is 743. The second-order valence-electron chi connectivity index (χ2n) is 6.84. The van der Waals surface area contributed by atoms with Crippen LogP contribution >= 0.6 is 11.3 Å². The van der Waals surface area contributed by atoms with Crippen molar-refractivity contribution in [2.75, 3.05) is 25.5 Å². The molecule has 2 rings (SSSR count). The molecule has 1 aromatic heterocycles. The normalized spacial score (nSPS) is 11.4. The molecular formula is C22H31N3O3S. The first kappa shape index (κ1) is 22.7. The number of hydrogen-bond acceptors (Lipinski definition) is 5. The van der Waals surface area contributed by atoms with Crippen molar-refractivity contribution < 1.29 is 14.3 Å². The van der Waals surface area contributed by atoms with Gasteiger partial charge in [0, 0.05) is 30.1 Å². The maximum Gasteiger partial charge on any atom is 0.305 e. The van der Waals surface area contributed by atoms with Gasteiger partial charge >= 0.3 is 5.97 Å². The quantitative estimate of drug-likeness (QED) is 0.244. The van der Waals surface area contributed by atoms with Gasteiger partial charge in [0.05, 0.1) is 13.2 Å². The van der Waals surface area contributed by atoms with Crippen molar-refractivity contribution in [3.63, 3.8) is 0 Å². The first-order valence-corrected chi connectivity index (χ1v) is 10.9. The molecule has 0 spiro atoms. The summed E-state index contributed by atoms with van der Waals surface area (Å²) >= 11 is 1.76. The van der Waals surface area contributed by atoms with Crippen LogP contribution in [-0.4, -0.2) is 38.2 Å². The van der Waals surface area contributed by atoms with Gasteiger partial charge in [-0.05, 0) is 68.8 Å². The van der Waals surface area contributed by atoms with Crippen molar-refractivity contribution in [3.8, 4) is 5.75 Å². The number of guanidine groups is 1. The van der Waals surface area contributed by atoms with Crippen LogP contribution in [0.3, 0.4) is 0 Å². The molecule has 0 aliphatic rings. The van der Waals surface area contributed by atoms with E-state index < -0.39 is 0 Å². The Labute approximate surface area is 177 Å². The fourth-order valence-corrected chi connectivity index (χ4v) is 3.31. The number of methoxy groups -OCH3 is 1. The zero-order valence-electron chi connectivity index (χ0n) is 17.4. The fourth-order valence-electron chi connectivity index (χ4n) is 2.60. The Balaban J connectivity index is 1.89. The lowest BCUT2D eigenvalue weighted by Crippen LogP contribution is -2.32. The van der Waals surface area contributed by atoms with Crippen molar-refractivity contribution in [1.29, 1.82) is 0 Å². The number of rotatable bonds is 11. The van der Waals surface area contributed by atoms with Crippen molar-refractivity contribution in [1.82, 2.24) is 5.32 Å². The number of esters is 1. The Kier molecular flexibility index (Phi) is 10.1. The molecule has 0 unspecified atom stereocenters. The van der Waals surface area contributed by atoms with Gasteiger partial charge in [0.2, 0.25) is 0 Å². The first-order valence-electron chi connectivity index (χ1n) is 9.98. The third kappa shape index (κ3) is 9.47. The number of unbranched alkanes of at least 4 members (excludes halogenated alkanes) is 1. The predicted octanol–water partition coefficient (Wildman–Crippen LogP) is 4.48. The Hall–Kier alpha value is -2.54. The minimum Gasteiger partial charge on any atom is -0.491 e. The number of carbonyl (C=O) groups excluding carboxylic acids is 1. The highest BCUT2D eigenvalue weighted by atomic mass is 32.1. The molecule has 1 aromatic carbocycles. The first-order chi connectivity index (χ1) is 14.1. The van der Waals surface area contributed by atoms with Crippen LogP contribution in [0.4, 0.5) is 5.69 Å². The van der Waals surface area contributed by atoms with E-state index in [-0.39, 0.29) is 12.1 Å². The van der Waals surface area contributed by atoms with Gasteiger partial charge in [0.25, 0.3) is 0 Å². The summed E-state index contributed by atoms with van der Waals surface area (Å²) in [5.74, 6) is 1.40. The van der Waals surface area contributed by atoms with Gasteiger partial charge in [0.15, 0.2) is 5.96 Å². The molecule has 1 heterocycles. The van der Waals surface area contributed by atoms with Crippen LogP contribution in [-0.2, 0) is 16.0 Å². The summed E-state index contributed by atoms with van der Waals surface area (Å²) in [5, 5.41) is 8.82. The van der Waals surface area contributed by atoms with Crippen LogP contribution in [0.15, 0.2) is 46.8 Å². The number of aliphatic imine (C=N–C) groups is 1. The molecule has 0 fully saturated rings. The fraction of sp³-hybridized carbons (Fsp3) is 0.455. The molecule has 7 heteroatoms.